The number of carbonyl (C=O) groups excluding carboxylic acids is 1. The van der Waals surface area contributed by atoms with Gasteiger partial charge in [-0.25, -0.2) is 9.79 Å². The van der Waals surface area contributed by atoms with Gasteiger partial charge in [0.2, 0.25) is 0 Å². The van der Waals surface area contributed by atoms with Gasteiger partial charge in [-0.2, -0.15) is 0 Å². The van der Waals surface area contributed by atoms with E-state index in [0.717, 1.165) is 43.8 Å². The van der Waals surface area contributed by atoms with Gasteiger partial charge >= 0.3 is 5.97 Å². The summed E-state index contributed by atoms with van der Waals surface area (Å²) < 4.78 is 14.1. The summed E-state index contributed by atoms with van der Waals surface area (Å²) in [5.41, 5.74) is 4.49. The fourth-order valence-electron chi connectivity index (χ4n) is 6.11. The Balaban J connectivity index is 1.38. The minimum atomic E-state index is -0.660. The third-order valence-corrected chi connectivity index (χ3v) is 9.36. The van der Waals surface area contributed by atoms with E-state index in [1.165, 1.54) is 11.3 Å². The van der Waals surface area contributed by atoms with Crippen LogP contribution in [-0.2, 0) is 16.1 Å². The third-order valence-electron chi connectivity index (χ3n) is 8.38. The Morgan fingerprint density at radius 3 is 2.33 bits per heavy atom. The number of thiazole rings is 1. The highest BCUT2D eigenvalue weighted by Crippen LogP contribution is 2.32. The third kappa shape index (κ3) is 5.33. The first-order chi connectivity index (χ1) is 22.4. The second-order valence-corrected chi connectivity index (χ2v) is 12.3. The summed E-state index contributed by atoms with van der Waals surface area (Å²) in [6.45, 7) is 6.18. The predicted molar refractivity (Wildman–Crippen MR) is 184 cm³/mol. The molecule has 0 saturated carbocycles. The van der Waals surface area contributed by atoms with Gasteiger partial charge in [0.05, 0.1) is 28.5 Å². The zero-order chi connectivity index (χ0) is 31.8. The van der Waals surface area contributed by atoms with Crippen molar-refractivity contribution < 1.29 is 14.3 Å². The first-order valence-corrected chi connectivity index (χ1v) is 16.1. The summed E-state index contributed by atoms with van der Waals surface area (Å²) >= 11 is 1.31. The van der Waals surface area contributed by atoms with Crippen LogP contribution >= 0.6 is 11.3 Å². The van der Waals surface area contributed by atoms with Crippen LogP contribution in [0.4, 0.5) is 0 Å². The van der Waals surface area contributed by atoms with E-state index in [1.54, 1.807) is 18.4 Å². The number of aryl methyl sites for hydroxylation is 1. The number of esters is 1. The Labute approximate surface area is 270 Å². The molecule has 228 valence electrons. The van der Waals surface area contributed by atoms with Gasteiger partial charge < -0.3 is 9.47 Å². The van der Waals surface area contributed by atoms with Gasteiger partial charge in [0.1, 0.15) is 12.4 Å². The quantitative estimate of drug-likeness (QED) is 0.180. The maximum atomic E-state index is 14.3. The van der Waals surface area contributed by atoms with Crippen LogP contribution in [0.15, 0.2) is 124 Å². The zero-order valence-corrected chi connectivity index (χ0v) is 26.6. The topological polar surface area (TPSA) is 69.9 Å². The number of hydrogen-bond acceptors (Lipinski definition) is 6. The molecule has 0 aliphatic carbocycles. The molecule has 1 aromatic heterocycles. The fourth-order valence-corrected chi connectivity index (χ4v) is 7.14. The number of fused-ring (bicyclic) bond motifs is 3. The Hall–Kier alpha value is -5.27. The largest absolute Gasteiger partial charge is 0.488 e. The van der Waals surface area contributed by atoms with Crippen molar-refractivity contribution in [3.05, 3.63) is 156 Å². The van der Waals surface area contributed by atoms with Crippen molar-refractivity contribution in [2.45, 2.75) is 33.4 Å². The molecule has 0 radical (unpaired) electrons. The van der Waals surface area contributed by atoms with Gasteiger partial charge in [0.25, 0.3) is 5.56 Å². The highest BCUT2D eigenvalue weighted by molar-refractivity contribution is 7.07. The molecule has 7 heteroatoms. The minimum Gasteiger partial charge on any atom is -0.488 e. The standard InChI is InChI=1S/C39H32N2O4S/c1-4-44-38(43)35-25(3)40-39-41(36(35)28-18-16-24(2)17-19-28)37(42)34(46-39)22-32-31-15-8-6-11-27(31)20-21-33(32)45-23-29-13-9-12-26-10-5-7-14-30(26)29/h5-22,36H,4,23H2,1-3H3/b34-22-/t36-/m1/s1. The highest BCUT2D eigenvalue weighted by Gasteiger charge is 2.33. The molecule has 1 aliphatic rings. The molecule has 0 bridgehead atoms. The molecular formula is C39H32N2O4S. The van der Waals surface area contributed by atoms with Gasteiger partial charge in [0, 0.05) is 5.56 Å². The number of ether oxygens (including phenoxy) is 2. The molecule has 2 heterocycles. The van der Waals surface area contributed by atoms with Crippen molar-refractivity contribution in [1.82, 2.24) is 4.57 Å². The van der Waals surface area contributed by atoms with E-state index in [4.69, 9.17) is 14.5 Å². The molecule has 5 aromatic carbocycles. The minimum absolute atomic E-state index is 0.225. The van der Waals surface area contributed by atoms with E-state index in [9.17, 15) is 9.59 Å². The summed E-state index contributed by atoms with van der Waals surface area (Å²) in [5, 5.41) is 4.31. The molecule has 0 unspecified atom stereocenters. The SMILES string of the molecule is CCOC(=O)C1=C(C)N=c2s/c(=C\c3c(OCc4cccc5ccccc45)ccc4ccccc34)c(=O)n2[C@@H]1c1ccc(C)cc1. The second-order valence-electron chi connectivity index (χ2n) is 11.3. The van der Waals surface area contributed by atoms with Crippen molar-refractivity contribution in [2.24, 2.45) is 4.99 Å². The first-order valence-electron chi connectivity index (χ1n) is 15.3. The number of carbonyl (C=O) groups is 1. The second kappa shape index (κ2) is 12.3. The molecule has 0 fully saturated rings. The maximum Gasteiger partial charge on any atom is 0.338 e. The van der Waals surface area contributed by atoms with E-state index in [2.05, 4.69) is 30.3 Å². The van der Waals surface area contributed by atoms with Gasteiger partial charge in [0.15, 0.2) is 4.80 Å². The van der Waals surface area contributed by atoms with Gasteiger partial charge in [-0.3, -0.25) is 9.36 Å². The lowest BCUT2D eigenvalue weighted by Gasteiger charge is -2.24. The van der Waals surface area contributed by atoms with Crippen molar-refractivity contribution in [1.29, 1.82) is 0 Å². The Bertz CT molecular complexity index is 2340. The summed E-state index contributed by atoms with van der Waals surface area (Å²) in [4.78, 5) is 32.9. The lowest BCUT2D eigenvalue weighted by atomic mass is 9.95. The normalized spacial score (nSPS) is 14.8. The summed E-state index contributed by atoms with van der Waals surface area (Å²) in [6.07, 6.45) is 1.90. The van der Waals surface area contributed by atoms with Crippen LogP contribution in [0.1, 0.15) is 42.1 Å². The number of hydrogen-bond donors (Lipinski definition) is 0. The van der Waals surface area contributed by atoms with E-state index in [-0.39, 0.29) is 12.2 Å². The van der Waals surface area contributed by atoms with Crippen LogP contribution in [0, 0.1) is 6.92 Å². The molecule has 0 saturated heterocycles. The first kappa shape index (κ1) is 29.4. The Morgan fingerprint density at radius 2 is 1.57 bits per heavy atom. The Morgan fingerprint density at radius 1 is 0.870 bits per heavy atom. The molecule has 0 amide bonds. The molecule has 0 N–H and O–H groups in total. The molecular weight excluding hydrogens is 593 g/mol. The fraction of sp³-hybridized carbons (Fsp3) is 0.154. The van der Waals surface area contributed by atoms with E-state index in [0.29, 0.717) is 33.0 Å². The van der Waals surface area contributed by atoms with Crippen LogP contribution < -0.4 is 19.6 Å². The van der Waals surface area contributed by atoms with Gasteiger partial charge in [-0.05, 0) is 65.6 Å². The highest BCUT2D eigenvalue weighted by atomic mass is 32.1. The molecule has 6 nitrogen and oxygen atoms in total. The van der Waals surface area contributed by atoms with Crippen LogP contribution in [-0.4, -0.2) is 17.1 Å². The molecule has 7 rings (SSSR count). The van der Waals surface area contributed by atoms with Crippen molar-refractivity contribution in [2.75, 3.05) is 6.61 Å². The lowest BCUT2D eigenvalue weighted by molar-refractivity contribution is -0.139. The van der Waals surface area contributed by atoms with Crippen molar-refractivity contribution in [3.63, 3.8) is 0 Å². The summed E-state index contributed by atoms with van der Waals surface area (Å²) in [6, 6.07) is 33.8. The Kier molecular flexibility index (Phi) is 7.84. The van der Waals surface area contributed by atoms with Crippen molar-refractivity contribution >= 4 is 44.9 Å². The van der Waals surface area contributed by atoms with Gasteiger partial charge in [-0.15, -0.1) is 0 Å². The van der Waals surface area contributed by atoms with Crippen LogP contribution in [0.25, 0.3) is 27.6 Å². The summed E-state index contributed by atoms with van der Waals surface area (Å²) in [5.74, 6) is 0.206. The lowest BCUT2D eigenvalue weighted by Crippen LogP contribution is -2.39. The molecule has 1 aliphatic heterocycles. The smallest absolute Gasteiger partial charge is 0.338 e. The summed E-state index contributed by atoms with van der Waals surface area (Å²) in [7, 11) is 0. The average molecular weight is 625 g/mol. The average Bonchev–Trinajstić information content (AvgIpc) is 3.37. The van der Waals surface area contributed by atoms with E-state index >= 15 is 0 Å². The van der Waals surface area contributed by atoms with E-state index < -0.39 is 12.0 Å². The number of nitrogens with zero attached hydrogens (tertiary/aromatic N) is 2. The number of aromatic nitrogens is 1. The van der Waals surface area contributed by atoms with Crippen LogP contribution in [0.5, 0.6) is 5.75 Å². The van der Waals surface area contributed by atoms with Gasteiger partial charge in [-0.1, -0.05) is 114 Å². The molecule has 0 spiro atoms. The number of allylic oxidation sites excluding steroid dienone is 1. The van der Waals surface area contributed by atoms with Crippen molar-refractivity contribution in [3.8, 4) is 5.75 Å². The molecule has 1 atom stereocenters. The van der Waals surface area contributed by atoms with Crippen LogP contribution in [0.2, 0.25) is 0 Å². The number of benzene rings is 5. The van der Waals surface area contributed by atoms with E-state index in [1.807, 2.05) is 85.8 Å². The monoisotopic (exact) mass is 624 g/mol. The predicted octanol–water partition coefficient (Wildman–Crippen LogP) is 6.99. The van der Waals surface area contributed by atoms with Crippen LogP contribution in [0.3, 0.4) is 0 Å². The maximum absolute atomic E-state index is 14.3. The zero-order valence-electron chi connectivity index (χ0n) is 25.8. The molecule has 46 heavy (non-hydrogen) atoms. The molecule has 6 aromatic rings. The number of rotatable bonds is 7.